The molecule has 0 bridgehead atoms. The van der Waals surface area contributed by atoms with Gasteiger partial charge in [0, 0.05) is 0 Å². The smallest absolute Gasteiger partial charge is 0.00923 e. The topological polar surface area (TPSA) is 0 Å². The Hall–Kier alpha value is -4.94. The zero-order valence-electron chi connectivity index (χ0n) is 20.5. The van der Waals surface area contributed by atoms with E-state index in [0.717, 1.165) is 0 Å². The van der Waals surface area contributed by atoms with E-state index in [9.17, 15) is 0 Å². The van der Waals surface area contributed by atoms with Crippen LogP contribution in [0.5, 0.6) is 0 Å². The standard InChI is InChI=1S/C38H20/c1-2-6-22-10-26-14-32-31(13-25(26)9-21(22)5-1)35-17-29-19-37-33-15-27-11-23-7-3-4-8-24(23)12-28(27)16-34(33)38(37)20-30(29)18-36(32)35/h1-20H. The molecule has 0 atom stereocenters. The molecule has 0 aliphatic heterocycles. The van der Waals surface area contributed by atoms with E-state index in [-0.39, 0.29) is 0 Å². The predicted octanol–water partition coefficient (Wildman–Crippen LogP) is 10.9. The van der Waals surface area contributed by atoms with Crippen LogP contribution in [0, 0.1) is 0 Å². The summed E-state index contributed by atoms with van der Waals surface area (Å²) in [6, 6.07) is 45.8. The van der Waals surface area contributed by atoms with Crippen molar-refractivity contribution in [2.45, 2.75) is 0 Å². The van der Waals surface area contributed by atoms with E-state index in [1.807, 2.05) is 0 Å². The Morgan fingerprint density at radius 2 is 0.368 bits per heavy atom. The summed E-state index contributed by atoms with van der Waals surface area (Å²) in [5.74, 6) is 0. The summed E-state index contributed by atoms with van der Waals surface area (Å²) in [6.07, 6.45) is 0. The van der Waals surface area contributed by atoms with Gasteiger partial charge in [-0.3, -0.25) is 0 Å². The van der Waals surface area contributed by atoms with Crippen molar-refractivity contribution >= 4 is 97.0 Å². The predicted molar refractivity (Wildman–Crippen MR) is 166 cm³/mol. The van der Waals surface area contributed by atoms with Crippen LogP contribution < -0.4 is 0 Å². The first-order valence-corrected chi connectivity index (χ1v) is 13.3. The van der Waals surface area contributed by atoms with Gasteiger partial charge in [0.2, 0.25) is 0 Å². The highest BCUT2D eigenvalue weighted by Gasteiger charge is 2.16. The highest BCUT2D eigenvalue weighted by molar-refractivity contribution is 6.33. The SMILES string of the molecule is c1ccc2cc3cc4c(cc3cc2c1)c1cc2cc3c5cc6cc7ccccc7cc6cc5c3cc2cc41. The third-order valence-electron chi connectivity index (χ3n) is 8.96. The molecule has 38 heavy (non-hydrogen) atoms. The molecule has 0 N–H and O–H groups in total. The summed E-state index contributed by atoms with van der Waals surface area (Å²) in [6.45, 7) is 0. The number of rotatable bonds is 0. The fourth-order valence-corrected chi connectivity index (χ4v) is 6.99. The van der Waals surface area contributed by atoms with E-state index in [2.05, 4.69) is 121 Å². The van der Waals surface area contributed by atoms with Crippen molar-refractivity contribution in [2.75, 3.05) is 0 Å². The molecule has 0 saturated carbocycles. The van der Waals surface area contributed by atoms with Gasteiger partial charge in [-0.2, -0.15) is 0 Å². The molecule has 0 radical (unpaired) electrons. The van der Waals surface area contributed by atoms with Gasteiger partial charge in [0.25, 0.3) is 0 Å². The summed E-state index contributed by atoms with van der Waals surface area (Å²) < 4.78 is 0. The van der Waals surface area contributed by atoms with Gasteiger partial charge in [0.05, 0.1) is 0 Å². The molecule has 0 amide bonds. The van der Waals surface area contributed by atoms with Crippen LogP contribution >= 0.6 is 0 Å². The van der Waals surface area contributed by atoms with Crippen molar-refractivity contribution in [3.63, 3.8) is 0 Å². The van der Waals surface area contributed by atoms with Gasteiger partial charge in [0.1, 0.15) is 0 Å². The number of benzene rings is 8. The minimum Gasteiger partial charge on any atom is -0.0616 e. The minimum absolute atomic E-state index is 1.30. The molecule has 0 aliphatic rings. The number of hydrogen-bond acceptors (Lipinski definition) is 0. The maximum Gasteiger partial charge on any atom is -0.00923 e. The van der Waals surface area contributed by atoms with Crippen molar-refractivity contribution in [1.29, 1.82) is 0 Å². The number of hydrogen-bond donors (Lipinski definition) is 0. The van der Waals surface area contributed by atoms with E-state index in [1.54, 1.807) is 0 Å². The summed E-state index contributed by atoms with van der Waals surface area (Å²) in [5, 5.41) is 24.2. The van der Waals surface area contributed by atoms with Crippen molar-refractivity contribution in [2.24, 2.45) is 0 Å². The summed E-state index contributed by atoms with van der Waals surface area (Å²) in [5.41, 5.74) is 0. The average molecular weight is 477 g/mol. The molecule has 0 unspecified atom stereocenters. The first kappa shape index (κ1) is 19.2. The molecule has 0 fully saturated rings. The van der Waals surface area contributed by atoms with Gasteiger partial charge in [-0.15, -0.1) is 0 Å². The Kier molecular flexibility index (Phi) is 3.28. The van der Waals surface area contributed by atoms with Gasteiger partial charge in [0.15, 0.2) is 0 Å². The van der Waals surface area contributed by atoms with Gasteiger partial charge in [-0.1, -0.05) is 48.5 Å². The van der Waals surface area contributed by atoms with Gasteiger partial charge >= 0.3 is 0 Å². The molecule has 10 aromatic carbocycles. The van der Waals surface area contributed by atoms with Crippen LogP contribution in [0.4, 0.5) is 0 Å². The molecular formula is C38H20. The Morgan fingerprint density at radius 1 is 0.184 bits per heavy atom. The third-order valence-corrected chi connectivity index (χ3v) is 8.96. The monoisotopic (exact) mass is 476 g/mol. The van der Waals surface area contributed by atoms with Crippen LogP contribution in [0.2, 0.25) is 0 Å². The Bertz CT molecular complexity index is 2240. The molecule has 0 saturated heterocycles. The van der Waals surface area contributed by atoms with Gasteiger partial charge in [-0.05, 0) is 170 Å². The lowest BCUT2D eigenvalue weighted by Crippen LogP contribution is -1.90. The van der Waals surface area contributed by atoms with E-state index in [1.165, 1.54) is 97.0 Å². The van der Waals surface area contributed by atoms with Crippen molar-refractivity contribution < 1.29 is 0 Å². The molecule has 0 aliphatic carbocycles. The van der Waals surface area contributed by atoms with Crippen LogP contribution in [0.15, 0.2) is 121 Å². The minimum atomic E-state index is 1.30. The highest BCUT2D eigenvalue weighted by Crippen LogP contribution is 2.44. The lowest BCUT2D eigenvalue weighted by Gasteiger charge is -2.18. The zero-order chi connectivity index (χ0) is 24.5. The molecule has 0 heterocycles. The van der Waals surface area contributed by atoms with Crippen LogP contribution in [0.25, 0.3) is 97.0 Å². The Balaban J connectivity index is 1.22. The molecule has 0 aromatic heterocycles. The van der Waals surface area contributed by atoms with Crippen LogP contribution in [0.1, 0.15) is 0 Å². The second-order valence-electron chi connectivity index (χ2n) is 11.0. The first-order chi connectivity index (χ1) is 18.8. The van der Waals surface area contributed by atoms with E-state index in [4.69, 9.17) is 0 Å². The quantitative estimate of drug-likeness (QED) is 0.191. The van der Waals surface area contributed by atoms with E-state index in [0.29, 0.717) is 0 Å². The average Bonchev–Trinajstić information content (AvgIpc) is 2.95. The van der Waals surface area contributed by atoms with E-state index >= 15 is 0 Å². The van der Waals surface area contributed by atoms with Gasteiger partial charge < -0.3 is 0 Å². The van der Waals surface area contributed by atoms with Crippen LogP contribution in [0.3, 0.4) is 0 Å². The Labute approximate surface area is 218 Å². The first-order valence-electron chi connectivity index (χ1n) is 13.3. The summed E-state index contributed by atoms with van der Waals surface area (Å²) in [4.78, 5) is 0. The maximum absolute atomic E-state index is 2.41. The van der Waals surface area contributed by atoms with Crippen LogP contribution in [-0.2, 0) is 0 Å². The number of fused-ring (bicyclic) bond motifs is 13. The fourth-order valence-electron chi connectivity index (χ4n) is 6.99. The molecule has 10 rings (SSSR count). The van der Waals surface area contributed by atoms with Crippen molar-refractivity contribution in [3.05, 3.63) is 121 Å². The molecule has 172 valence electrons. The van der Waals surface area contributed by atoms with E-state index < -0.39 is 0 Å². The molecule has 0 nitrogen and oxygen atoms in total. The molecule has 0 heteroatoms. The zero-order valence-corrected chi connectivity index (χ0v) is 20.5. The lowest BCUT2D eigenvalue weighted by molar-refractivity contribution is 1.79. The Morgan fingerprint density at radius 3 is 0.579 bits per heavy atom. The van der Waals surface area contributed by atoms with Crippen molar-refractivity contribution in [1.82, 2.24) is 0 Å². The third kappa shape index (κ3) is 2.36. The molecule has 0 spiro atoms. The maximum atomic E-state index is 2.41. The second-order valence-corrected chi connectivity index (χ2v) is 11.0. The largest absolute Gasteiger partial charge is 0.0616 e. The highest BCUT2D eigenvalue weighted by atomic mass is 14.2. The fraction of sp³-hybridized carbons (Fsp3) is 0. The summed E-state index contributed by atoms with van der Waals surface area (Å²) >= 11 is 0. The van der Waals surface area contributed by atoms with Crippen molar-refractivity contribution in [3.8, 4) is 0 Å². The second kappa shape index (κ2) is 6.49. The molecular weight excluding hydrogens is 456 g/mol. The van der Waals surface area contributed by atoms with Gasteiger partial charge in [-0.25, -0.2) is 0 Å². The van der Waals surface area contributed by atoms with Crippen LogP contribution in [-0.4, -0.2) is 0 Å². The summed E-state index contributed by atoms with van der Waals surface area (Å²) in [7, 11) is 0. The lowest BCUT2D eigenvalue weighted by atomic mass is 9.85. The molecule has 10 aromatic rings. The normalized spacial score (nSPS) is 12.7.